The van der Waals surface area contributed by atoms with Gasteiger partial charge in [-0.15, -0.1) is 0 Å². The lowest BCUT2D eigenvalue weighted by Gasteiger charge is -2.36. The van der Waals surface area contributed by atoms with Gasteiger partial charge in [-0.3, -0.25) is 10.1 Å². The van der Waals surface area contributed by atoms with Gasteiger partial charge in [-0.05, 0) is 12.3 Å². The van der Waals surface area contributed by atoms with Gasteiger partial charge >= 0.3 is 0 Å². The number of amides is 1. The Morgan fingerprint density at radius 1 is 1.67 bits per heavy atom. The van der Waals surface area contributed by atoms with Crippen molar-refractivity contribution in [1.29, 1.82) is 0 Å². The first kappa shape index (κ1) is 12.8. The zero-order chi connectivity index (χ0) is 13.3. The fourth-order valence-corrected chi connectivity index (χ4v) is 2.18. The zero-order valence-corrected chi connectivity index (χ0v) is 10.00. The Bertz CT molecular complexity index is 410. The van der Waals surface area contributed by atoms with E-state index in [1.54, 1.807) is 6.92 Å². The summed E-state index contributed by atoms with van der Waals surface area (Å²) in [6, 6.07) is -0.773. The van der Waals surface area contributed by atoms with Crippen molar-refractivity contribution >= 4 is 18.2 Å². The van der Waals surface area contributed by atoms with Crippen LogP contribution in [0.15, 0.2) is 9.98 Å². The molecule has 6 N–H and O–H groups in total. The van der Waals surface area contributed by atoms with Crippen LogP contribution in [0, 0.1) is 5.92 Å². The number of hydrogen-bond donors (Lipinski definition) is 5. The molecule has 2 aliphatic rings. The third-order valence-electron chi connectivity index (χ3n) is 3.18. The molecule has 0 aromatic carbocycles. The second-order valence-electron chi connectivity index (χ2n) is 4.67. The minimum atomic E-state index is -1.32. The summed E-state index contributed by atoms with van der Waals surface area (Å²) in [5.41, 5.74) is 4.20. The number of nitrogens with zero attached hydrogens (tertiary/aromatic N) is 2. The molecule has 8 heteroatoms. The van der Waals surface area contributed by atoms with E-state index in [0.29, 0.717) is 0 Å². The van der Waals surface area contributed by atoms with Crippen molar-refractivity contribution in [1.82, 2.24) is 10.6 Å². The summed E-state index contributed by atoms with van der Waals surface area (Å²) >= 11 is 0. The number of rotatable bonds is 4. The van der Waals surface area contributed by atoms with Crippen LogP contribution in [-0.4, -0.2) is 52.8 Å². The Hall–Kier alpha value is -1.67. The molecule has 2 rings (SSSR count). The van der Waals surface area contributed by atoms with E-state index in [0.717, 1.165) is 0 Å². The molecule has 0 radical (unpaired) electrons. The first-order valence-electron chi connectivity index (χ1n) is 5.74. The number of carbonyl (C=O) groups excluding carboxylic acids is 1. The summed E-state index contributed by atoms with van der Waals surface area (Å²) in [6.07, 6.45) is 0.621. The van der Waals surface area contributed by atoms with Crippen molar-refractivity contribution in [2.24, 2.45) is 21.6 Å². The van der Waals surface area contributed by atoms with Crippen LogP contribution in [0.4, 0.5) is 0 Å². The number of hydrogen-bond acceptors (Lipinski definition) is 7. The van der Waals surface area contributed by atoms with E-state index in [1.807, 2.05) is 0 Å². The van der Waals surface area contributed by atoms with Crippen LogP contribution in [0.5, 0.6) is 0 Å². The highest BCUT2D eigenvalue weighted by molar-refractivity contribution is 6.03. The maximum atomic E-state index is 11.8. The number of nitrogens with one attached hydrogen (secondary N) is 2. The van der Waals surface area contributed by atoms with Crippen LogP contribution in [0.25, 0.3) is 0 Å². The SMILES string of the molecule is CC(CO)CC(O)C12N=CNC1C(=O)NC(N)=N2. The summed E-state index contributed by atoms with van der Waals surface area (Å²) in [5.74, 6) is -0.559. The molecule has 0 spiro atoms. The van der Waals surface area contributed by atoms with Gasteiger partial charge in [0.1, 0.15) is 6.10 Å². The van der Waals surface area contributed by atoms with Crippen LogP contribution in [0.1, 0.15) is 13.3 Å². The molecule has 4 unspecified atom stereocenters. The normalized spacial score (nSPS) is 33.2. The fraction of sp³-hybridized carbons (Fsp3) is 0.700. The highest BCUT2D eigenvalue weighted by Gasteiger charge is 2.53. The van der Waals surface area contributed by atoms with Crippen molar-refractivity contribution in [3.8, 4) is 0 Å². The van der Waals surface area contributed by atoms with Crippen LogP contribution < -0.4 is 16.4 Å². The van der Waals surface area contributed by atoms with Gasteiger partial charge < -0.3 is 21.3 Å². The van der Waals surface area contributed by atoms with Gasteiger partial charge in [-0.25, -0.2) is 9.98 Å². The van der Waals surface area contributed by atoms with Gasteiger partial charge in [0, 0.05) is 6.61 Å². The molecule has 0 saturated carbocycles. The van der Waals surface area contributed by atoms with E-state index >= 15 is 0 Å². The van der Waals surface area contributed by atoms with E-state index < -0.39 is 17.8 Å². The Balaban J connectivity index is 2.28. The lowest BCUT2D eigenvalue weighted by molar-refractivity contribution is -0.124. The van der Waals surface area contributed by atoms with Gasteiger partial charge in [0.2, 0.25) is 5.66 Å². The minimum absolute atomic E-state index is 0.0552. The Labute approximate surface area is 104 Å². The average Bonchev–Trinajstić information content (AvgIpc) is 2.73. The van der Waals surface area contributed by atoms with Crippen molar-refractivity contribution in [3.05, 3.63) is 0 Å². The van der Waals surface area contributed by atoms with Crippen LogP contribution in [-0.2, 0) is 4.79 Å². The third kappa shape index (κ3) is 1.93. The predicted octanol–water partition coefficient (Wildman–Crippen LogP) is -2.49. The molecule has 0 aromatic heterocycles. The molecule has 0 fully saturated rings. The number of guanidine groups is 1. The lowest BCUT2D eigenvalue weighted by atomic mass is 9.88. The molecule has 18 heavy (non-hydrogen) atoms. The topological polar surface area (TPSA) is 132 Å². The summed E-state index contributed by atoms with van der Waals surface area (Å²) in [6.45, 7) is 1.73. The molecule has 0 aliphatic carbocycles. The van der Waals surface area contributed by atoms with Crippen molar-refractivity contribution in [2.75, 3.05) is 6.61 Å². The van der Waals surface area contributed by atoms with Crippen LogP contribution in [0.3, 0.4) is 0 Å². The van der Waals surface area contributed by atoms with Crippen LogP contribution >= 0.6 is 0 Å². The molecule has 100 valence electrons. The number of aliphatic imine (C=N–C) groups is 2. The van der Waals surface area contributed by atoms with Gasteiger partial charge in [-0.1, -0.05) is 6.92 Å². The molecule has 0 saturated heterocycles. The van der Waals surface area contributed by atoms with Crippen molar-refractivity contribution in [2.45, 2.75) is 31.2 Å². The molecule has 0 bridgehead atoms. The van der Waals surface area contributed by atoms with Crippen LogP contribution in [0.2, 0.25) is 0 Å². The van der Waals surface area contributed by atoms with Gasteiger partial charge in [0.25, 0.3) is 5.91 Å². The zero-order valence-electron chi connectivity index (χ0n) is 10.00. The maximum absolute atomic E-state index is 11.8. The molecule has 2 heterocycles. The van der Waals surface area contributed by atoms with Gasteiger partial charge in [0.15, 0.2) is 12.0 Å². The summed E-state index contributed by atoms with van der Waals surface area (Å²) in [7, 11) is 0. The van der Waals surface area contributed by atoms with E-state index in [1.165, 1.54) is 6.34 Å². The van der Waals surface area contributed by atoms with E-state index in [9.17, 15) is 9.90 Å². The number of fused-ring (bicyclic) bond motifs is 1. The summed E-state index contributed by atoms with van der Waals surface area (Å²) in [4.78, 5) is 19.9. The second kappa shape index (κ2) is 4.54. The lowest BCUT2D eigenvalue weighted by Crippen LogP contribution is -2.64. The summed E-state index contributed by atoms with van der Waals surface area (Å²) in [5, 5.41) is 24.4. The third-order valence-corrected chi connectivity index (χ3v) is 3.18. The van der Waals surface area contributed by atoms with Gasteiger partial charge in [-0.2, -0.15) is 0 Å². The summed E-state index contributed by atoms with van der Waals surface area (Å²) < 4.78 is 0. The van der Waals surface area contributed by atoms with Crippen molar-refractivity contribution in [3.63, 3.8) is 0 Å². The number of carbonyl (C=O) groups is 1. The predicted molar refractivity (Wildman–Crippen MR) is 64.8 cm³/mol. The molecule has 4 atom stereocenters. The number of nitrogens with two attached hydrogens (primary N) is 1. The first-order chi connectivity index (χ1) is 8.49. The molecule has 8 nitrogen and oxygen atoms in total. The molecule has 1 amide bonds. The number of aliphatic hydroxyl groups excluding tert-OH is 2. The van der Waals surface area contributed by atoms with E-state index in [2.05, 4.69) is 20.6 Å². The second-order valence-corrected chi connectivity index (χ2v) is 4.67. The minimum Gasteiger partial charge on any atom is -0.396 e. The quantitative estimate of drug-likeness (QED) is 0.379. The van der Waals surface area contributed by atoms with E-state index in [-0.39, 0.29) is 30.8 Å². The highest BCUT2D eigenvalue weighted by atomic mass is 16.3. The van der Waals surface area contributed by atoms with Gasteiger partial charge in [0.05, 0.1) is 6.34 Å². The monoisotopic (exact) mass is 255 g/mol. The maximum Gasteiger partial charge on any atom is 0.253 e. The number of aliphatic hydroxyl groups is 2. The smallest absolute Gasteiger partial charge is 0.253 e. The Morgan fingerprint density at radius 2 is 2.39 bits per heavy atom. The highest BCUT2D eigenvalue weighted by Crippen LogP contribution is 2.31. The first-order valence-corrected chi connectivity index (χ1v) is 5.74. The standard InChI is InChI=1S/C10H17N5O3/c1-5(3-16)2-6(17)10-7(12-4-13-10)8(18)14-9(11)15-10/h4-7,16-17H,2-3H2,1H3,(H,12,13)(H3,11,14,15,18). The fourth-order valence-electron chi connectivity index (χ4n) is 2.18. The Kier molecular flexibility index (Phi) is 3.22. The molecular formula is C10H17N5O3. The average molecular weight is 255 g/mol. The van der Waals surface area contributed by atoms with E-state index in [4.69, 9.17) is 10.8 Å². The molecule has 0 aromatic rings. The molecular weight excluding hydrogens is 238 g/mol. The largest absolute Gasteiger partial charge is 0.396 e. The Morgan fingerprint density at radius 3 is 3.06 bits per heavy atom. The molecule has 2 aliphatic heterocycles. The van der Waals surface area contributed by atoms with Crippen molar-refractivity contribution < 1.29 is 15.0 Å².